The van der Waals surface area contributed by atoms with Crippen molar-refractivity contribution >= 4 is 23.5 Å². The zero-order chi connectivity index (χ0) is 23.5. The molecular weight excluding hydrogens is 430 g/mol. The molecule has 1 aliphatic carbocycles. The number of halogens is 2. The van der Waals surface area contributed by atoms with E-state index >= 15 is 0 Å². The molecular formula is C24H24F2N4O3. The van der Waals surface area contributed by atoms with Gasteiger partial charge in [0.15, 0.2) is 11.6 Å². The Morgan fingerprint density at radius 1 is 1.12 bits per heavy atom. The van der Waals surface area contributed by atoms with Gasteiger partial charge in [-0.1, -0.05) is 12.1 Å². The Balaban J connectivity index is 1.48. The lowest BCUT2D eigenvalue weighted by atomic mass is 9.52. The van der Waals surface area contributed by atoms with Gasteiger partial charge in [0, 0.05) is 38.2 Å². The summed E-state index contributed by atoms with van der Waals surface area (Å²) in [4.78, 5) is 47.3. The molecule has 5 rings (SSSR count). The van der Waals surface area contributed by atoms with Crippen LogP contribution in [0.4, 0.5) is 14.6 Å². The van der Waals surface area contributed by atoms with Crippen LogP contribution >= 0.6 is 0 Å². The Kier molecular flexibility index (Phi) is 4.77. The number of likely N-dealkylation sites (tertiary alicyclic amines) is 1. The molecule has 2 aromatic rings. The number of anilines is 1. The van der Waals surface area contributed by atoms with Gasteiger partial charge in [0.2, 0.25) is 11.8 Å². The van der Waals surface area contributed by atoms with E-state index in [0.717, 1.165) is 4.90 Å². The summed E-state index contributed by atoms with van der Waals surface area (Å²) in [7, 11) is 0. The van der Waals surface area contributed by atoms with Crippen LogP contribution in [0.25, 0.3) is 0 Å². The maximum absolute atomic E-state index is 14.7. The SMILES string of the molecule is CC(=O)N1CC2(C1)CC1(C2)C(=O)N(c2ncc(C)cc2F)CC(=O)N1Cc1ccc(F)cc1. The van der Waals surface area contributed by atoms with Crippen molar-refractivity contribution in [2.45, 2.75) is 38.8 Å². The van der Waals surface area contributed by atoms with Gasteiger partial charge in [-0.2, -0.15) is 0 Å². The van der Waals surface area contributed by atoms with Crippen molar-refractivity contribution in [3.8, 4) is 0 Å². The lowest BCUT2D eigenvalue weighted by Gasteiger charge is -2.67. The number of amides is 3. The fraction of sp³-hybridized carbons (Fsp3) is 0.417. The van der Waals surface area contributed by atoms with E-state index in [4.69, 9.17) is 0 Å². The van der Waals surface area contributed by atoms with Crippen molar-refractivity contribution in [1.82, 2.24) is 14.8 Å². The largest absolute Gasteiger partial charge is 0.342 e. The third-order valence-corrected chi connectivity index (χ3v) is 7.06. The minimum absolute atomic E-state index is 0.0247. The molecule has 33 heavy (non-hydrogen) atoms. The summed E-state index contributed by atoms with van der Waals surface area (Å²) in [6.45, 7) is 4.10. The Bertz CT molecular complexity index is 1150. The number of benzene rings is 1. The van der Waals surface area contributed by atoms with Crippen molar-refractivity contribution in [3.63, 3.8) is 0 Å². The Labute approximate surface area is 190 Å². The number of aryl methyl sites for hydroxylation is 1. The fourth-order valence-electron chi connectivity index (χ4n) is 5.55. The highest BCUT2D eigenvalue weighted by Crippen LogP contribution is 2.58. The van der Waals surface area contributed by atoms with Crippen LogP contribution in [0.5, 0.6) is 0 Å². The van der Waals surface area contributed by atoms with E-state index in [1.54, 1.807) is 28.9 Å². The van der Waals surface area contributed by atoms with Crippen LogP contribution in [-0.4, -0.2) is 57.7 Å². The van der Waals surface area contributed by atoms with E-state index in [-0.39, 0.29) is 47.9 Å². The molecule has 7 nitrogen and oxygen atoms in total. The molecule has 0 atom stereocenters. The molecule has 3 aliphatic rings. The molecule has 3 fully saturated rings. The van der Waals surface area contributed by atoms with Gasteiger partial charge in [-0.3, -0.25) is 19.3 Å². The standard InChI is InChI=1S/C24H24F2N4O3/c1-15-7-19(26)21(27-8-15)29-10-20(32)30(9-17-3-5-18(25)6-4-17)24(22(29)33)11-23(12-24)13-28(14-23)16(2)31/h3-8H,9-14H2,1-2H3. The highest BCUT2D eigenvalue weighted by Gasteiger charge is 2.69. The van der Waals surface area contributed by atoms with Crippen molar-refractivity contribution in [3.05, 3.63) is 59.3 Å². The van der Waals surface area contributed by atoms with Gasteiger partial charge in [0.05, 0.1) is 0 Å². The molecule has 2 spiro atoms. The van der Waals surface area contributed by atoms with Crippen LogP contribution < -0.4 is 4.90 Å². The number of carbonyl (C=O) groups is 3. The molecule has 0 radical (unpaired) electrons. The number of hydrogen-bond donors (Lipinski definition) is 0. The van der Waals surface area contributed by atoms with Crippen LogP contribution in [-0.2, 0) is 20.9 Å². The predicted octanol–water partition coefficient (Wildman–Crippen LogP) is 2.42. The molecule has 3 amide bonds. The molecule has 1 aromatic heterocycles. The molecule has 3 heterocycles. The zero-order valence-electron chi connectivity index (χ0n) is 18.5. The Morgan fingerprint density at radius 2 is 1.79 bits per heavy atom. The average Bonchev–Trinajstić information content (AvgIpc) is 2.69. The molecule has 2 aliphatic heterocycles. The van der Waals surface area contributed by atoms with Crippen LogP contribution in [0.1, 0.15) is 30.9 Å². The maximum atomic E-state index is 14.7. The molecule has 0 N–H and O–H groups in total. The zero-order valence-corrected chi connectivity index (χ0v) is 18.5. The first-order valence-electron chi connectivity index (χ1n) is 10.9. The molecule has 0 bridgehead atoms. The Hall–Kier alpha value is -3.36. The predicted molar refractivity (Wildman–Crippen MR) is 115 cm³/mol. The van der Waals surface area contributed by atoms with Crippen LogP contribution in [0, 0.1) is 24.0 Å². The van der Waals surface area contributed by atoms with Gasteiger partial charge in [0.1, 0.15) is 17.9 Å². The van der Waals surface area contributed by atoms with Gasteiger partial charge in [-0.25, -0.2) is 13.8 Å². The first-order valence-corrected chi connectivity index (χ1v) is 10.9. The molecule has 172 valence electrons. The molecule has 0 unspecified atom stereocenters. The van der Waals surface area contributed by atoms with Gasteiger partial charge >= 0.3 is 0 Å². The molecule has 9 heteroatoms. The second kappa shape index (κ2) is 7.33. The van der Waals surface area contributed by atoms with Gasteiger partial charge < -0.3 is 9.80 Å². The van der Waals surface area contributed by atoms with Gasteiger partial charge in [0.25, 0.3) is 5.91 Å². The monoisotopic (exact) mass is 454 g/mol. The summed E-state index contributed by atoms with van der Waals surface area (Å²) in [6, 6.07) is 7.09. The van der Waals surface area contributed by atoms with Crippen LogP contribution in [0.15, 0.2) is 36.5 Å². The Morgan fingerprint density at radius 3 is 2.39 bits per heavy atom. The summed E-state index contributed by atoms with van der Waals surface area (Å²) in [6.07, 6.45) is 2.24. The van der Waals surface area contributed by atoms with E-state index in [1.165, 1.54) is 31.3 Å². The summed E-state index contributed by atoms with van der Waals surface area (Å²) in [5.41, 5.74) is -0.0673. The number of aromatic nitrogens is 1. The third-order valence-electron chi connectivity index (χ3n) is 7.06. The highest BCUT2D eigenvalue weighted by molar-refractivity contribution is 6.09. The lowest BCUT2D eigenvalue weighted by molar-refractivity contribution is -0.191. The smallest absolute Gasteiger partial charge is 0.254 e. The van der Waals surface area contributed by atoms with E-state index in [9.17, 15) is 23.2 Å². The second-order valence-electron chi connectivity index (χ2n) is 9.58. The summed E-state index contributed by atoms with van der Waals surface area (Å²) in [5, 5.41) is 0. The molecule has 1 saturated carbocycles. The summed E-state index contributed by atoms with van der Waals surface area (Å²) < 4.78 is 28.1. The van der Waals surface area contributed by atoms with Crippen molar-refractivity contribution in [1.29, 1.82) is 0 Å². The summed E-state index contributed by atoms with van der Waals surface area (Å²) in [5.74, 6) is -1.91. The number of nitrogens with zero attached hydrogens (tertiary/aromatic N) is 4. The first kappa shape index (κ1) is 21.5. The molecule has 2 saturated heterocycles. The van der Waals surface area contributed by atoms with E-state index in [1.807, 2.05) is 0 Å². The summed E-state index contributed by atoms with van der Waals surface area (Å²) >= 11 is 0. The fourth-order valence-corrected chi connectivity index (χ4v) is 5.55. The lowest BCUT2D eigenvalue weighted by Crippen LogP contribution is -2.80. The van der Waals surface area contributed by atoms with Gasteiger partial charge in [-0.05, 0) is 49.1 Å². The number of pyridine rings is 1. The van der Waals surface area contributed by atoms with Crippen molar-refractivity contribution < 1.29 is 23.2 Å². The van der Waals surface area contributed by atoms with E-state index in [0.29, 0.717) is 37.1 Å². The normalized spacial score (nSPS) is 20.8. The van der Waals surface area contributed by atoms with E-state index < -0.39 is 11.4 Å². The second-order valence-corrected chi connectivity index (χ2v) is 9.58. The first-order chi connectivity index (χ1) is 15.6. The van der Waals surface area contributed by atoms with Crippen molar-refractivity contribution in [2.24, 2.45) is 5.41 Å². The maximum Gasteiger partial charge on any atom is 0.254 e. The number of hydrogen-bond acceptors (Lipinski definition) is 4. The van der Waals surface area contributed by atoms with Crippen LogP contribution in [0.2, 0.25) is 0 Å². The van der Waals surface area contributed by atoms with Crippen LogP contribution in [0.3, 0.4) is 0 Å². The van der Waals surface area contributed by atoms with E-state index in [2.05, 4.69) is 4.98 Å². The molecule has 1 aromatic carbocycles. The number of piperazine rings is 1. The average molecular weight is 454 g/mol. The highest BCUT2D eigenvalue weighted by atomic mass is 19.1. The minimum atomic E-state index is -1.15. The van der Waals surface area contributed by atoms with Crippen molar-refractivity contribution in [2.75, 3.05) is 24.5 Å². The number of rotatable bonds is 3. The minimum Gasteiger partial charge on any atom is -0.342 e. The third kappa shape index (κ3) is 3.37. The van der Waals surface area contributed by atoms with Gasteiger partial charge in [-0.15, -0.1) is 0 Å². The number of carbonyl (C=O) groups excluding carboxylic acids is 3. The quantitative estimate of drug-likeness (QED) is 0.714. The topological polar surface area (TPSA) is 73.8 Å².